The van der Waals surface area contributed by atoms with E-state index in [9.17, 15) is 4.79 Å². The fourth-order valence-electron chi connectivity index (χ4n) is 8.91. The zero-order valence-corrected chi connectivity index (χ0v) is 41.4. The number of rotatable bonds is 52. The lowest BCUT2D eigenvalue weighted by Gasteiger charge is -2.06. The molecule has 2 heteroatoms. The van der Waals surface area contributed by atoms with E-state index in [1.807, 2.05) is 0 Å². The average Bonchev–Trinajstić information content (AvgIpc) is 3.23. The molecule has 0 rings (SSSR count). The maximum absolute atomic E-state index is 12.1. The van der Waals surface area contributed by atoms with Gasteiger partial charge >= 0.3 is 5.97 Å². The second-order valence-electron chi connectivity index (χ2n) is 19.8. The average molecular weight is 830 g/mol. The maximum atomic E-state index is 12.1. The van der Waals surface area contributed by atoms with Gasteiger partial charge in [0.05, 0.1) is 6.61 Å². The fourth-order valence-corrected chi connectivity index (χ4v) is 8.91. The Labute approximate surface area is 374 Å². The molecule has 0 radical (unpaired) electrons. The summed E-state index contributed by atoms with van der Waals surface area (Å²) in [6.07, 6.45) is 72.4. The molecule has 0 fully saturated rings. The smallest absolute Gasteiger partial charge is 0.305 e. The van der Waals surface area contributed by atoms with E-state index in [2.05, 4.69) is 32.9 Å². The van der Waals surface area contributed by atoms with E-state index in [0.29, 0.717) is 13.0 Å². The molecule has 0 spiro atoms. The van der Waals surface area contributed by atoms with Crippen molar-refractivity contribution in [3.05, 3.63) is 12.2 Å². The molecular weight excluding hydrogens is 717 g/mol. The number of esters is 1. The topological polar surface area (TPSA) is 26.3 Å². The molecule has 0 aliphatic rings. The van der Waals surface area contributed by atoms with Crippen LogP contribution in [0.25, 0.3) is 0 Å². The van der Waals surface area contributed by atoms with Crippen LogP contribution in [-0.4, -0.2) is 12.6 Å². The molecule has 352 valence electrons. The van der Waals surface area contributed by atoms with Crippen molar-refractivity contribution in [3.8, 4) is 0 Å². The zero-order chi connectivity index (χ0) is 42.6. The Hall–Kier alpha value is -0.790. The molecule has 0 atom stereocenters. The standard InChI is InChI=1S/C57H112O2/c1-4-5-6-7-8-9-10-11-12-13-26-30-33-36-39-42-45-48-51-54-57(58)59-55-52-49-46-43-40-37-34-31-28-25-23-21-19-17-15-14-16-18-20-22-24-27-29-32-35-38-41-44-47-50-53-56(2)3/h11-12,56H,4-10,13-55H2,1-3H3. The number of carbonyl (C=O) groups is 1. The van der Waals surface area contributed by atoms with Crippen LogP contribution in [0.4, 0.5) is 0 Å². The maximum Gasteiger partial charge on any atom is 0.305 e. The Balaban J connectivity index is 3.15. The van der Waals surface area contributed by atoms with Crippen LogP contribution in [-0.2, 0) is 9.53 Å². The third kappa shape index (κ3) is 55.2. The van der Waals surface area contributed by atoms with Gasteiger partial charge in [-0.05, 0) is 44.4 Å². The van der Waals surface area contributed by atoms with Crippen molar-refractivity contribution in [2.45, 2.75) is 335 Å². The van der Waals surface area contributed by atoms with Crippen LogP contribution in [0.15, 0.2) is 12.2 Å². The van der Waals surface area contributed by atoms with E-state index in [1.54, 1.807) is 0 Å². The Morgan fingerprint density at radius 2 is 0.593 bits per heavy atom. The highest BCUT2D eigenvalue weighted by Crippen LogP contribution is 2.18. The van der Waals surface area contributed by atoms with Crippen LogP contribution in [0.3, 0.4) is 0 Å². The van der Waals surface area contributed by atoms with Gasteiger partial charge in [0.1, 0.15) is 0 Å². The third-order valence-corrected chi connectivity index (χ3v) is 13.1. The molecule has 0 amide bonds. The van der Waals surface area contributed by atoms with E-state index in [-0.39, 0.29) is 5.97 Å². The summed E-state index contributed by atoms with van der Waals surface area (Å²) in [5, 5.41) is 0. The van der Waals surface area contributed by atoms with Crippen LogP contribution >= 0.6 is 0 Å². The van der Waals surface area contributed by atoms with E-state index in [1.165, 1.54) is 295 Å². The molecule has 0 bridgehead atoms. The highest BCUT2D eigenvalue weighted by atomic mass is 16.5. The van der Waals surface area contributed by atoms with Gasteiger partial charge in [0.15, 0.2) is 0 Å². The van der Waals surface area contributed by atoms with Gasteiger partial charge in [-0.2, -0.15) is 0 Å². The second-order valence-corrected chi connectivity index (χ2v) is 19.8. The number of allylic oxidation sites excluding steroid dienone is 2. The molecule has 0 heterocycles. The molecule has 0 unspecified atom stereocenters. The number of unbranched alkanes of at least 4 members (excludes halogenated alkanes) is 44. The molecule has 0 aromatic carbocycles. The number of hydrogen-bond acceptors (Lipinski definition) is 2. The molecule has 0 aliphatic heterocycles. The highest BCUT2D eigenvalue weighted by molar-refractivity contribution is 5.69. The van der Waals surface area contributed by atoms with Crippen molar-refractivity contribution in [2.75, 3.05) is 6.61 Å². The van der Waals surface area contributed by atoms with Crippen molar-refractivity contribution in [2.24, 2.45) is 5.92 Å². The first-order valence-electron chi connectivity index (χ1n) is 28.0. The Morgan fingerprint density at radius 3 is 0.898 bits per heavy atom. The van der Waals surface area contributed by atoms with E-state index in [0.717, 1.165) is 18.8 Å². The first kappa shape index (κ1) is 58.2. The predicted molar refractivity (Wildman–Crippen MR) is 267 cm³/mol. The first-order chi connectivity index (χ1) is 29.2. The van der Waals surface area contributed by atoms with E-state index < -0.39 is 0 Å². The monoisotopic (exact) mass is 829 g/mol. The minimum absolute atomic E-state index is 0.0293. The van der Waals surface area contributed by atoms with Crippen molar-refractivity contribution in [3.63, 3.8) is 0 Å². The van der Waals surface area contributed by atoms with Gasteiger partial charge in [-0.25, -0.2) is 0 Å². The van der Waals surface area contributed by atoms with Crippen molar-refractivity contribution >= 4 is 5.97 Å². The largest absolute Gasteiger partial charge is 0.466 e. The predicted octanol–water partition coefficient (Wildman–Crippen LogP) is 20.9. The molecule has 0 aliphatic carbocycles. The molecule has 0 saturated heterocycles. The SMILES string of the molecule is CCCCCCCCC=CCCCCCCCCCCCC(=O)OCCCCCCCCCCCCCCCCCCCCCCCCCCCCCCCCC(C)C. The normalized spacial score (nSPS) is 11.8. The van der Waals surface area contributed by atoms with Gasteiger partial charge in [-0.15, -0.1) is 0 Å². The van der Waals surface area contributed by atoms with Crippen LogP contribution in [0.1, 0.15) is 335 Å². The van der Waals surface area contributed by atoms with Gasteiger partial charge < -0.3 is 4.74 Å². The van der Waals surface area contributed by atoms with Gasteiger partial charge in [-0.1, -0.05) is 303 Å². The molecule has 0 aromatic heterocycles. The van der Waals surface area contributed by atoms with Crippen LogP contribution in [0.5, 0.6) is 0 Å². The lowest BCUT2D eigenvalue weighted by Crippen LogP contribution is -2.05. The van der Waals surface area contributed by atoms with Crippen molar-refractivity contribution < 1.29 is 9.53 Å². The minimum Gasteiger partial charge on any atom is -0.466 e. The molecular formula is C57H112O2. The van der Waals surface area contributed by atoms with Crippen LogP contribution < -0.4 is 0 Å². The van der Waals surface area contributed by atoms with Gasteiger partial charge in [0.2, 0.25) is 0 Å². The van der Waals surface area contributed by atoms with Crippen molar-refractivity contribution in [1.82, 2.24) is 0 Å². The lowest BCUT2D eigenvalue weighted by atomic mass is 10.0. The summed E-state index contributed by atoms with van der Waals surface area (Å²) in [6, 6.07) is 0. The Bertz CT molecular complexity index is 786. The molecule has 0 N–H and O–H groups in total. The summed E-state index contributed by atoms with van der Waals surface area (Å²) >= 11 is 0. The molecule has 0 aromatic rings. The summed E-state index contributed by atoms with van der Waals surface area (Å²) in [5.41, 5.74) is 0. The Morgan fingerprint density at radius 1 is 0.339 bits per heavy atom. The molecule has 0 saturated carbocycles. The molecule has 2 nitrogen and oxygen atoms in total. The minimum atomic E-state index is 0.0293. The number of ether oxygens (including phenoxy) is 1. The summed E-state index contributed by atoms with van der Waals surface area (Å²) in [6.45, 7) is 7.62. The number of carbonyl (C=O) groups excluding carboxylic acids is 1. The van der Waals surface area contributed by atoms with Crippen molar-refractivity contribution in [1.29, 1.82) is 0 Å². The first-order valence-corrected chi connectivity index (χ1v) is 28.0. The van der Waals surface area contributed by atoms with Gasteiger partial charge in [0, 0.05) is 6.42 Å². The van der Waals surface area contributed by atoms with Gasteiger partial charge in [-0.3, -0.25) is 4.79 Å². The summed E-state index contributed by atoms with van der Waals surface area (Å²) in [5.74, 6) is 0.918. The quantitative estimate of drug-likeness (QED) is 0.0347. The van der Waals surface area contributed by atoms with E-state index in [4.69, 9.17) is 4.74 Å². The van der Waals surface area contributed by atoms with E-state index >= 15 is 0 Å². The third-order valence-electron chi connectivity index (χ3n) is 13.1. The Kier molecular flexibility index (Phi) is 52.6. The summed E-state index contributed by atoms with van der Waals surface area (Å²) < 4.78 is 5.50. The van der Waals surface area contributed by atoms with Crippen LogP contribution in [0, 0.1) is 5.92 Å². The van der Waals surface area contributed by atoms with Gasteiger partial charge in [0.25, 0.3) is 0 Å². The second kappa shape index (κ2) is 53.3. The summed E-state index contributed by atoms with van der Waals surface area (Å²) in [7, 11) is 0. The lowest BCUT2D eigenvalue weighted by molar-refractivity contribution is -0.143. The zero-order valence-electron chi connectivity index (χ0n) is 41.4. The fraction of sp³-hybridized carbons (Fsp3) is 0.947. The van der Waals surface area contributed by atoms with Crippen LogP contribution in [0.2, 0.25) is 0 Å². The molecule has 59 heavy (non-hydrogen) atoms. The highest BCUT2D eigenvalue weighted by Gasteiger charge is 2.03. The summed E-state index contributed by atoms with van der Waals surface area (Å²) in [4.78, 5) is 12.1. The number of hydrogen-bond donors (Lipinski definition) is 0.